The Labute approximate surface area is 127 Å². The van der Waals surface area contributed by atoms with Gasteiger partial charge in [-0.15, -0.1) is 0 Å². The minimum absolute atomic E-state index is 0.558. The van der Waals surface area contributed by atoms with Gasteiger partial charge in [-0.25, -0.2) is 0 Å². The van der Waals surface area contributed by atoms with Crippen molar-refractivity contribution in [1.82, 2.24) is 5.32 Å². The number of methoxy groups -OCH3 is 1. The Balaban J connectivity index is 1.99. The molecule has 2 aromatic rings. The Hall–Kier alpha value is -1.80. The Kier molecular flexibility index (Phi) is 4.26. The molecule has 0 amide bonds. The zero-order chi connectivity index (χ0) is 14.7. The first-order valence-corrected chi connectivity index (χ1v) is 7.72. The van der Waals surface area contributed by atoms with E-state index in [0.29, 0.717) is 5.92 Å². The van der Waals surface area contributed by atoms with Gasteiger partial charge in [0.25, 0.3) is 0 Å². The van der Waals surface area contributed by atoms with Crippen LogP contribution in [0.1, 0.15) is 35.1 Å². The van der Waals surface area contributed by atoms with Gasteiger partial charge in [0, 0.05) is 13.0 Å². The third-order valence-electron chi connectivity index (χ3n) is 4.33. The number of rotatable bonds is 3. The Morgan fingerprint density at radius 2 is 2.00 bits per heavy atom. The number of nitrogens with one attached hydrogen (secondary N) is 1. The van der Waals surface area contributed by atoms with Crippen LogP contribution in [0.5, 0.6) is 5.75 Å². The molecular weight excluding hydrogens is 258 g/mol. The molecule has 110 valence electrons. The minimum atomic E-state index is 0.558. The summed E-state index contributed by atoms with van der Waals surface area (Å²) in [7, 11) is 1.77. The van der Waals surface area contributed by atoms with Crippen LogP contribution >= 0.6 is 0 Å². The lowest BCUT2D eigenvalue weighted by Gasteiger charge is -2.17. The highest BCUT2D eigenvalue weighted by Crippen LogP contribution is 2.31. The van der Waals surface area contributed by atoms with Gasteiger partial charge in [0.05, 0.1) is 7.11 Å². The van der Waals surface area contributed by atoms with Gasteiger partial charge in [-0.1, -0.05) is 43.3 Å². The van der Waals surface area contributed by atoms with Crippen LogP contribution in [0, 0.1) is 0 Å². The van der Waals surface area contributed by atoms with E-state index in [1.165, 1.54) is 22.3 Å². The smallest absolute Gasteiger partial charge is 0.122 e. The van der Waals surface area contributed by atoms with E-state index in [1.54, 1.807) is 7.11 Å². The fourth-order valence-corrected chi connectivity index (χ4v) is 3.16. The van der Waals surface area contributed by atoms with Gasteiger partial charge in [0.15, 0.2) is 0 Å². The van der Waals surface area contributed by atoms with Gasteiger partial charge in [0.2, 0.25) is 0 Å². The summed E-state index contributed by atoms with van der Waals surface area (Å²) >= 11 is 0. The summed E-state index contributed by atoms with van der Waals surface area (Å²) < 4.78 is 5.64. The summed E-state index contributed by atoms with van der Waals surface area (Å²) in [6.45, 7) is 4.42. The van der Waals surface area contributed by atoms with Gasteiger partial charge in [-0.05, 0) is 47.2 Å². The van der Waals surface area contributed by atoms with Crippen molar-refractivity contribution in [3.63, 3.8) is 0 Å². The zero-order valence-electron chi connectivity index (χ0n) is 12.9. The highest BCUT2D eigenvalue weighted by molar-refractivity contribution is 5.47. The van der Waals surface area contributed by atoms with Gasteiger partial charge in [-0.2, -0.15) is 0 Å². The van der Waals surface area contributed by atoms with Gasteiger partial charge >= 0.3 is 0 Å². The fourth-order valence-electron chi connectivity index (χ4n) is 3.16. The average molecular weight is 281 g/mol. The molecule has 0 aromatic heterocycles. The second-order valence-corrected chi connectivity index (χ2v) is 5.88. The summed E-state index contributed by atoms with van der Waals surface area (Å²) in [5, 5.41) is 3.51. The topological polar surface area (TPSA) is 21.3 Å². The standard InChI is InChI=1S/C19H23NO/c1-14-13-20-9-8-16-12-19(21-2)17(11-18(14)16)10-15-6-4-3-5-7-15/h3-7,11-12,14,20H,8-10,13H2,1-2H3/t14-/m1/s1. The number of hydrogen-bond acceptors (Lipinski definition) is 2. The summed E-state index contributed by atoms with van der Waals surface area (Å²) in [5.74, 6) is 1.58. The Morgan fingerprint density at radius 3 is 2.76 bits per heavy atom. The molecule has 3 rings (SSSR count). The van der Waals surface area contributed by atoms with Gasteiger partial charge < -0.3 is 10.1 Å². The molecule has 0 fully saturated rings. The molecule has 21 heavy (non-hydrogen) atoms. The van der Waals surface area contributed by atoms with E-state index in [-0.39, 0.29) is 0 Å². The molecule has 2 heteroatoms. The predicted molar refractivity (Wildman–Crippen MR) is 87.2 cm³/mol. The Morgan fingerprint density at radius 1 is 1.19 bits per heavy atom. The number of hydrogen-bond donors (Lipinski definition) is 1. The van der Waals surface area contributed by atoms with E-state index in [1.807, 2.05) is 0 Å². The molecule has 1 heterocycles. The molecule has 0 saturated carbocycles. The predicted octanol–water partition coefficient (Wildman–Crippen LogP) is 3.54. The lowest BCUT2D eigenvalue weighted by molar-refractivity contribution is 0.409. The second kappa shape index (κ2) is 6.31. The Bertz CT molecular complexity index is 606. The largest absolute Gasteiger partial charge is 0.496 e. The lowest BCUT2D eigenvalue weighted by atomic mass is 9.91. The second-order valence-electron chi connectivity index (χ2n) is 5.88. The van der Waals surface area contributed by atoms with Crippen molar-refractivity contribution in [3.8, 4) is 5.75 Å². The molecular formula is C19H23NO. The number of ether oxygens (including phenoxy) is 1. The average Bonchev–Trinajstić information content (AvgIpc) is 2.69. The minimum Gasteiger partial charge on any atom is -0.496 e. The van der Waals surface area contributed by atoms with E-state index >= 15 is 0 Å². The van der Waals surface area contributed by atoms with Crippen molar-refractivity contribution in [2.45, 2.75) is 25.7 Å². The maximum absolute atomic E-state index is 5.64. The van der Waals surface area contributed by atoms with Crippen LogP contribution in [-0.4, -0.2) is 20.2 Å². The van der Waals surface area contributed by atoms with Crippen molar-refractivity contribution >= 4 is 0 Å². The van der Waals surface area contributed by atoms with Gasteiger partial charge in [0.1, 0.15) is 5.75 Å². The molecule has 0 spiro atoms. The lowest BCUT2D eigenvalue weighted by Crippen LogP contribution is -2.18. The maximum Gasteiger partial charge on any atom is 0.122 e. The monoisotopic (exact) mass is 281 g/mol. The third-order valence-corrected chi connectivity index (χ3v) is 4.33. The number of fused-ring (bicyclic) bond motifs is 1. The summed E-state index contributed by atoms with van der Waals surface area (Å²) in [4.78, 5) is 0. The van der Waals surface area contributed by atoms with Crippen molar-refractivity contribution in [2.75, 3.05) is 20.2 Å². The summed E-state index contributed by atoms with van der Waals surface area (Å²) in [5.41, 5.74) is 5.53. The van der Waals surface area contributed by atoms with Crippen LogP contribution < -0.4 is 10.1 Å². The molecule has 1 aliphatic heterocycles. The van der Waals surface area contributed by atoms with E-state index in [0.717, 1.165) is 31.7 Å². The SMILES string of the molecule is COc1cc2c(cc1Cc1ccccc1)[C@H](C)CNCC2. The molecule has 1 N–H and O–H groups in total. The van der Waals surface area contributed by atoms with E-state index in [2.05, 4.69) is 54.7 Å². The fraction of sp³-hybridized carbons (Fsp3) is 0.368. The summed E-state index contributed by atoms with van der Waals surface area (Å²) in [6, 6.07) is 15.2. The van der Waals surface area contributed by atoms with Crippen molar-refractivity contribution in [2.24, 2.45) is 0 Å². The summed E-state index contributed by atoms with van der Waals surface area (Å²) in [6.07, 6.45) is 2.01. The maximum atomic E-state index is 5.64. The van der Waals surface area contributed by atoms with Crippen molar-refractivity contribution < 1.29 is 4.74 Å². The first-order chi connectivity index (χ1) is 10.3. The quantitative estimate of drug-likeness (QED) is 0.929. The zero-order valence-corrected chi connectivity index (χ0v) is 12.9. The van der Waals surface area contributed by atoms with Gasteiger partial charge in [-0.3, -0.25) is 0 Å². The molecule has 2 nitrogen and oxygen atoms in total. The normalized spacial score (nSPS) is 17.9. The van der Waals surface area contributed by atoms with E-state index < -0.39 is 0 Å². The molecule has 1 atom stereocenters. The third kappa shape index (κ3) is 3.11. The van der Waals surface area contributed by atoms with E-state index in [4.69, 9.17) is 4.74 Å². The molecule has 0 bridgehead atoms. The molecule has 0 unspecified atom stereocenters. The molecule has 0 saturated heterocycles. The van der Waals surface area contributed by atoms with Crippen molar-refractivity contribution in [1.29, 1.82) is 0 Å². The highest BCUT2D eigenvalue weighted by Gasteiger charge is 2.17. The van der Waals surface area contributed by atoms with Crippen LogP contribution in [0.2, 0.25) is 0 Å². The first-order valence-electron chi connectivity index (χ1n) is 7.72. The number of benzene rings is 2. The highest BCUT2D eigenvalue weighted by atomic mass is 16.5. The molecule has 0 radical (unpaired) electrons. The molecule has 0 aliphatic carbocycles. The molecule has 2 aromatic carbocycles. The van der Waals surface area contributed by atoms with Crippen LogP contribution in [0.15, 0.2) is 42.5 Å². The first kappa shape index (κ1) is 14.2. The van der Waals surface area contributed by atoms with Crippen LogP contribution in [0.3, 0.4) is 0 Å². The van der Waals surface area contributed by atoms with E-state index in [9.17, 15) is 0 Å². The van der Waals surface area contributed by atoms with Crippen LogP contribution in [-0.2, 0) is 12.8 Å². The van der Waals surface area contributed by atoms with Crippen molar-refractivity contribution in [3.05, 3.63) is 64.7 Å². The molecule has 1 aliphatic rings. The van der Waals surface area contributed by atoms with Crippen LogP contribution in [0.25, 0.3) is 0 Å². The van der Waals surface area contributed by atoms with Crippen LogP contribution in [0.4, 0.5) is 0 Å².